The zero-order valence-electron chi connectivity index (χ0n) is 22.8. The summed E-state index contributed by atoms with van der Waals surface area (Å²) in [6.07, 6.45) is 1.61. The standard InChI is InChI=1S/C28H27F3N8O3/c1-15(40)25-21-9-17(19-11-32-16(2)33-12-19)3-4-22(21)39(36-25)13-24(41)38-8-5-18-10-20(18)26(38)27(42)34-23-6-7-37(35-23)14-28(29,30)31/h3-4,6-7,9,11-12,18,20,26H,5,8,10,13-14H2,1-2H3,(H,34,35,42)/t18?,20-,26-/m0/s1. The number of hydrogen-bond acceptors (Lipinski definition) is 7. The number of hydrogen-bond donors (Lipinski definition) is 1. The minimum Gasteiger partial charge on any atom is -0.329 e. The molecule has 1 aliphatic heterocycles. The molecule has 42 heavy (non-hydrogen) atoms. The third-order valence-corrected chi connectivity index (χ3v) is 7.76. The molecule has 1 saturated carbocycles. The number of fused-ring (bicyclic) bond motifs is 2. The lowest BCUT2D eigenvalue weighted by molar-refractivity contribution is -0.142. The predicted molar refractivity (Wildman–Crippen MR) is 144 cm³/mol. The number of alkyl halides is 3. The summed E-state index contributed by atoms with van der Waals surface area (Å²) in [7, 11) is 0. The van der Waals surface area contributed by atoms with Gasteiger partial charge in [0.15, 0.2) is 11.6 Å². The Hall–Kier alpha value is -4.62. The summed E-state index contributed by atoms with van der Waals surface area (Å²) in [5.41, 5.74) is 2.37. The fourth-order valence-corrected chi connectivity index (χ4v) is 5.68. The first-order chi connectivity index (χ1) is 20.0. The van der Waals surface area contributed by atoms with Crippen molar-refractivity contribution in [3.05, 3.63) is 54.4 Å². The number of amides is 2. The van der Waals surface area contributed by atoms with Gasteiger partial charge in [-0.1, -0.05) is 6.07 Å². The Morgan fingerprint density at radius 2 is 1.83 bits per heavy atom. The highest BCUT2D eigenvalue weighted by molar-refractivity contribution is 6.06. The molecule has 2 aliphatic rings. The molecule has 1 saturated heterocycles. The SMILES string of the molecule is CC(=O)c1nn(CC(=O)N2CCC3C[C@@H]3[C@H]2C(=O)Nc2ccn(CC(F)(F)F)n2)c2ccc(-c3cnc(C)nc3)cc12. The molecule has 0 radical (unpaired) electrons. The second-order valence-electron chi connectivity index (χ2n) is 10.8. The predicted octanol–water partition coefficient (Wildman–Crippen LogP) is 3.64. The number of nitrogens with one attached hydrogen (secondary N) is 1. The van der Waals surface area contributed by atoms with Crippen LogP contribution in [0.1, 0.15) is 36.1 Å². The number of ketones is 1. The van der Waals surface area contributed by atoms with E-state index in [1.807, 2.05) is 12.1 Å². The van der Waals surface area contributed by atoms with Crippen LogP contribution >= 0.6 is 0 Å². The van der Waals surface area contributed by atoms with Gasteiger partial charge in [-0.3, -0.25) is 23.7 Å². The Morgan fingerprint density at radius 1 is 1.07 bits per heavy atom. The molecule has 3 atom stereocenters. The number of benzene rings is 1. The van der Waals surface area contributed by atoms with E-state index >= 15 is 0 Å². The van der Waals surface area contributed by atoms with Gasteiger partial charge < -0.3 is 10.2 Å². The van der Waals surface area contributed by atoms with Gasteiger partial charge in [0.25, 0.3) is 0 Å². The summed E-state index contributed by atoms with van der Waals surface area (Å²) in [4.78, 5) is 49.4. The van der Waals surface area contributed by atoms with E-state index in [4.69, 9.17) is 0 Å². The molecule has 2 fully saturated rings. The minimum absolute atomic E-state index is 0.0154. The molecule has 0 bridgehead atoms. The number of Topliss-reactive ketones (excluding diaryl/α,β-unsaturated/α-hetero) is 1. The number of piperidine rings is 1. The molecule has 6 rings (SSSR count). The number of aromatic nitrogens is 6. The Balaban J connectivity index is 1.23. The lowest BCUT2D eigenvalue weighted by Crippen LogP contribution is -2.52. The van der Waals surface area contributed by atoms with Crippen LogP contribution in [0.3, 0.4) is 0 Å². The molecule has 1 unspecified atom stereocenters. The summed E-state index contributed by atoms with van der Waals surface area (Å²) in [6, 6.07) is 5.95. The van der Waals surface area contributed by atoms with Crippen LogP contribution in [0.5, 0.6) is 0 Å². The molecule has 2 amide bonds. The summed E-state index contributed by atoms with van der Waals surface area (Å²) in [6.45, 7) is 2.08. The normalized spacial score (nSPS) is 19.9. The third kappa shape index (κ3) is 5.48. The van der Waals surface area contributed by atoms with E-state index in [2.05, 4.69) is 25.5 Å². The van der Waals surface area contributed by atoms with Gasteiger partial charge in [0.05, 0.1) is 5.52 Å². The van der Waals surface area contributed by atoms with Crippen LogP contribution in [-0.4, -0.2) is 70.8 Å². The van der Waals surface area contributed by atoms with Crippen molar-refractivity contribution in [1.82, 2.24) is 34.4 Å². The van der Waals surface area contributed by atoms with Crippen molar-refractivity contribution in [2.45, 2.75) is 52.0 Å². The molecule has 218 valence electrons. The quantitative estimate of drug-likeness (QED) is 0.331. The smallest absolute Gasteiger partial charge is 0.329 e. The number of anilines is 1. The average molecular weight is 581 g/mol. The fraction of sp³-hybridized carbons (Fsp3) is 0.393. The maximum atomic E-state index is 13.6. The van der Waals surface area contributed by atoms with Crippen LogP contribution in [0, 0.1) is 18.8 Å². The molecule has 14 heteroatoms. The lowest BCUT2D eigenvalue weighted by atomic mass is 10.0. The first-order valence-corrected chi connectivity index (χ1v) is 13.5. The Labute approximate surface area is 237 Å². The van der Waals surface area contributed by atoms with Crippen molar-refractivity contribution < 1.29 is 27.6 Å². The Morgan fingerprint density at radius 3 is 2.55 bits per heavy atom. The van der Waals surface area contributed by atoms with Gasteiger partial charge in [0.1, 0.15) is 30.6 Å². The van der Waals surface area contributed by atoms with E-state index in [9.17, 15) is 27.6 Å². The highest BCUT2D eigenvalue weighted by atomic mass is 19.4. The molecule has 4 aromatic rings. The maximum Gasteiger partial charge on any atom is 0.408 e. The van der Waals surface area contributed by atoms with E-state index in [1.165, 1.54) is 22.6 Å². The number of nitrogens with zero attached hydrogens (tertiary/aromatic N) is 7. The van der Waals surface area contributed by atoms with Crippen molar-refractivity contribution in [2.24, 2.45) is 11.8 Å². The second kappa shape index (κ2) is 10.3. The van der Waals surface area contributed by atoms with Gasteiger partial charge in [-0.2, -0.15) is 23.4 Å². The van der Waals surface area contributed by atoms with E-state index in [1.54, 1.807) is 25.4 Å². The van der Waals surface area contributed by atoms with Crippen molar-refractivity contribution >= 4 is 34.3 Å². The first-order valence-electron chi connectivity index (χ1n) is 13.5. The molecule has 1 aromatic carbocycles. The molecule has 0 spiro atoms. The molecular formula is C28H27F3N8O3. The maximum absolute atomic E-state index is 13.6. The van der Waals surface area contributed by atoms with Crippen molar-refractivity contribution in [3.8, 4) is 11.1 Å². The van der Waals surface area contributed by atoms with Crippen LogP contribution in [0.2, 0.25) is 0 Å². The minimum atomic E-state index is -4.45. The molecule has 1 N–H and O–H groups in total. The third-order valence-electron chi connectivity index (χ3n) is 7.76. The summed E-state index contributed by atoms with van der Waals surface area (Å²) in [5.74, 6) is -0.212. The molecule has 11 nitrogen and oxygen atoms in total. The number of likely N-dealkylation sites (tertiary alicyclic amines) is 1. The fourth-order valence-electron chi connectivity index (χ4n) is 5.68. The highest BCUT2D eigenvalue weighted by Crippen LogP contribution is 2.49. The summed E-state index contributed by atoms with van der Waals surface area (Å²) < 4.78 is 40.3. The van der Waals surface area contributed by atoms with Crippen LogP contribution in [0.4, 0.5) is 19.0 Å². The molecule has 4 heterocycles. The number of rotatable bonds is 7. The van der Waals surface area contributed by atoms with Gasteiger partial charge in [-0.25, -0.2) is 9.97 Å². The van der Waals surface area contributed by atoms with E-state index in [0.717, 1.165) is 30.2 Å². The molecular weight excluding hydrogens is 553 g/mol. The van der Waals surface area contributed by atoms with Gasteiger partial charge in [-0.05, 0) is 49.3 Å². The summed E-state index contributed by atoms with van der Waals surface area (Å²) >= 11 is 0. The number of carbonyl (C=O) groups excluding carboxylic acids is 3. The molecule has 1 aliphatic carbocycles. The van der Waals surface area contributed by atoms with E-state index in [-0.39, 0.29) is 35.7 Å². The Bertz CT molecular complexity index is 1690. The second-order valence-corrected chi connectivity index (χ2v) is 10.8. The van der Waals surface area contributed by atoms with Crippen molar-refractivity contribution in [1.29, 1.82) is 0 Å². The van der Waals surface area contributed by atoms with E-state index < -0.39 is 24.7 Å². The number of aryl methyl sites for hydroxylation is 1. The van der Waals surface area contributed by atoms with Crippen LogP contribution in [-0.2, 0) is 22.7 Å². The van der Waals surface area contributed by atoms with Gasteiger partial charge in [-0.15, -0.1) is 0 Å². The average Bonchev–Trinajstić information content (AvgIpc) is 3.47. The lowest BCUT2D eigenvalue weighted by Gasteiger charge is -2.34. The van der Waals surface area contributed by atoms with E-state index in [0.29, 0.717) is 33.9 Å². The Kier molecular flexibility index (Phi) is 6.78. The molecule has 3 aromatic heterocycles. The van der Waals surface area contributed by atoms with Gasteiger partial charge >= 0.3 is 6.18 Å². The van der Waals surface area contributed by atoms with Crippen molar-refractivity contribution in [3.63, 3.8) is 0 Å². The largest absolute Gasteiger partial charge is 0.408 e. The zero-order chi connectivity index (χ0) is 29.8. The number of carbonyl (C=O) groups is 3. The van der Waals surface area contributed by atoms with Crippen LogP contribution in [0.25, 0.3) is 22.0 Å². The van der Waals surface area contributed by atoms with Crippen LogP contribution < -0.4 is 5.32 Å². The number of halogens is 3. The van der Waals surface area contributed by atoms with Gasteiger partial charge in [0, 0.05) is 49.1 Å². The van der Waals surface area contributed by atoms with Gasteiger partial charge in [0.2, 0.25) is 11.8 Å². The zero-order valence-corrected chi connectivity index (χ0v) is 22.8. The first kappa shape index (κ1) is 27.5. The van der Waals surface area contributed by atoms with Crippen molar-refractivity contribution in [2.75, 3.05) is 11.9 Å². The summed E-state index contributed by atoms with van der Waals surface area (Å²) in [5, 5.41) is 11.4. The topological polar surface area (TPSA) is 128 Å². The monoisotopic (exact) mass is 580 g/mol. The van der Waals surface area contributed by atoms with Crippen LogP contribution in [0.15, 0.2) is 42.9 Å². The highest BCUT2D eigenvalue weighted by Gasteiger charge is 2.53.